The molecule has 0 bridgehead atoms. The summed E-state index contributed by atoms with van der Waals surface area (Å²) in [4.78, 5) is 25.0. The zero-order valence-corrected chi connectivity index (χ0v) is 15.4. The summed E-state index contributed by atoms with van der Waals surface area (Å²) in [6.07, 6.45) is 1.95. The van der Waals surface area contributed by atoms with E-state index in [9.17, 15) is 14.0 Å². The van der Waals surface area contributed by atoms with Gasteiger partial charge in [0.05, 0.1) is 0 Å². The second kappa shape index (κ2) is 10.2. The number of benzene rings is 2. The summed E-state index contributed by atoms with van der Waals surface area (Å²) in [6.45, 7) is 2.79. The van der Waals surface area contributed by atoms with Crippen molar-refractivity contribution in [2.75, 3.05) is 20.3 Å². The molecule has 2 rings (SSSR count). The minimum Gasteiger partial charge on any atom is -0.385 e. The van der Waals surface area contributed by atoms with E-state index in [1.165, 1.54) is 18.2 Å². The van der Waals surface area contributed by atoms with Crippen LogP contribution >= 0.6 is 0 Å². The highest BCUT2D eigenvalue weighted by Crippen LogP contribution is 2.12. The molecule has 0 spiro atoms. The first kappa shape index (κ1) is 20.3. The Balaban J connectivity index is 2.20. The third kappa shape index (κ3) is 6.34. The summed E-state index contributed by atoms with van der Waals surface area (Å²) in [5.41, 5.74) is 1.61. The Kier molecular flexibility index (Phi) is 7.70. The van der Waals surface area contributed by atoms with E-state index in [4.69, 9.17) is 4.74 Å². The van der Waals surface area contributed by atoms with Crippen molar-refractivity contribution in [1.82, 2.24) is 10.6 Å². The molecule has 0 radical (unpaired) electrons. The Morgan fingerprint density at radius 3 is 2.48 bits per heavy atom. The van der Waals surface area contributed by atoms with Gasteiger partial charge in [0.25, 0.3) is 11.8 Å². The van der Waals surface area contributed by atoms with Crippen molar-refractivity contribution in [1.29, 1.82) is 0 Å². The predicted molar refractivity (Wildman–Crippen MR) is 103 cm³/mol. The molecule has 0 atom stereocenters. The maximum atomic E-state index is 14.0. The number of hydrogen-bond acceptors (Lipinski definition) is 3. The summed E-state index contributed by atoms with van der Waals surface area (Å²) in [5.74, 6) is -1.41. The minimum atomic E-state index is -0.491. The molecule has 0 saturated carbocycles. The number of aryl methyl sites for hydroxylation is 1. The van der Waals surface area contributed by atoms with E-state index in [1.54, 1.807) is 43.5 Å². The van der Waals surface area contributed by atoms with Gasteiger partial charge in [0.2, 0.25) is 0 Å². The van der Waals surface area contributed by atoms with Crippen LogP contribution in [-0.4, -0.2) is 32.1 Å². The fourth-order valence-corrected chi connectivity index (χ4v) is 2.32. The van der Waals surface area contributed by atoms with Crippen LogP contribution in [0.3, 0.4) is 0 Å². The van der Waals surface area contributed by atoms with Gasteiger partial charge in [-0.05, 0) is 37.6 Å². The number of carbonyl (C=O) groups is 2. The molecule has 2 aromatic carbocycles. The van der Waals surface area contributed by atoms with Crippen LogP contribution in [0.15, 0.2) is 54.2 Å². The number of hydrogen-bond donors (Lipinski definition) is 2. The molecular weight excluding hydrogens is 347 g/mol. The van der Waals surface area contributed by atoms with Gasteiger partial charge in [0, 0.05) is 31.4 Å². The van der Waals surface area contributed by atoms with E-state index in [0.29, 0.717) is 25.1 Å². The summed E-state index contributed by atoms with van der Waals surface area (Å²) in [5, 5.41) is 5.28. The fraction of sp³-hybridized carbons (Fsp3) is 0.238. The van der Waals surface area contributed by atoms with Gasteiger partial charge in [0.1, 0.15) is 11.5 Å². The molecule has 27 heavy (non-hydrogen) atoms. The van der Waals surface area contributed by atoms with E-state index in [0.717, 1.165) is 5.56 Å². The van der Waals surface area contributed by atoms with Gasteiger partial charge in [-0.15, -0.1) is 0 Å². The molecule has 0 aromatic heterocycles. The molecule has 0 saturated heterocycles. The average Bonchev–Trinajstić information content (AvgIpc) is 2.66. The highest BCUT2D eigenvalue weighted by atomic mass is 19.1. The number of halogens is 1. The van der Waals surface area contributed by atoms with E-state index in [1.807, 2.05) is 6.92 Å². The normalized spacial score (nSPS) is 11.1. The molecule has 2 N–H and O–H groups in total. The van der Waals surface area contributed by atoms with E-state index < -0.39 is 17.6 Å². The monoisotopic (exact) mass is 370 g/mol. The maximum Gasteiger partial charge on any atom is 0.267 e. The number of ether oxygens (including phenoxy) is 1. The molecule has 5 nitrogen and oxygen atoms in total. The second-order valence-corrected chi connectivity index (χ2v) is 6.00. The van der Waals surface area contributed by atoms with Crippen LogP contribution in [0.1, 0.15) is 27.9 Å². The lowest BCUT2D eigenvalue weighted by atomic mass is 10.1. The highest BCUT2D eigenvalue weighted by Gasteiger charge is 2.15. The molecule has 2 aromatic rings. The number of methoxy groups -OCH3 is 1. The largest absolute Gasteiger partial charge is 0.385 e. The van der Waals surface area contributed by atoms with Crippen molar-refractivity contribution >= 4 is 17.9 Å². The Morgan fingerprint density at radius 1 is 1.11 bits per heavy atom. The van der Waals surface area contributed by atoms with Crippen LogP contribution in [-0.2, 0) is 9.53 Å². The highest BCUT2D eigenvalue weighted by molar-refractivity contribution is 6.05. The SMILES string of the molecule is COCCCNC(=O)C(=Cc1ccccc1F)NC(=O)c1ccc(C)cc1. The Labute approximate surface area is 158 Å². The molecule has 0 unspecified atom stereocenters. The average molecular weight is 370 g/mol. The number of carbonyl (C=O) groups excluding carboxylic acids is 2. The van der Waals surface area contributed by atoms with Crippen molar-refractivity contribution in [3.8, 4) is 0 Å². The molecule has 6 heteroatoms. The summed E-state index contributed by atoms with van der Waals surface area (Å²) < 4.78 is 18.9. The zero-order valence-electron chi connectivity index (χ0n) is 15.4. The van der Waals surface area contributed by atoms with Gasteiger partial charge in [-0.3, -0.25) is 9.59 Å². The molecule has 0 aliphatic rings. The minimum absolute atomic E-state index is 0.0249. The fourth-order valence-electron chi connectivity index (χ4n) is 2.32. The lowest BCUT2D eigenvalue weighted by Gasteiger charge is -2.11. The van der Waals surface area contributed by atoms with Crippen molar-refractivity contribution in [3.63, 3.8) is 0 Å². The Bertz CT molecular complexity index is 816. The first-order chi connectivity index (χ1) is 13.0. The summed E-state index contributed by atoms with van der Waals surface area (Å²) >= 11 is 0. The molecule has 0 aliphatic heterocycles. The smallest absolute Gasteiger partial charge is 0.267 e. The molecule has 0 heterocycles. The quantitative estimate of drug-likeness (QED) is 0.554. The van der Waals surface area contributed by atoms with E-state index in [-0.39, 0.29) is 11.3 Å². The standard InChI is InChI=1S/C21H23FN2O3/c1-15-8-10-16(11-9-15)20(25)24-19(21(26)23-12-5-13-27-2)14-17-6-3-4-7-18(17)22/h3-4,6-11,14H,5,12-13H2,1-2H3,(H,23,26)(H,24,25). The van der Waals surface area contributed by atoms with Crippen LogP contribution in [0.4, 0.5) is 4.39 Å². The Morgan fingerprint density at radius 2 is 1.81 bits per heavy atom. The van der Waals surface area contributed by atoms with Gasteiger partial charge in [0.15, 0.2) is 0 Å². The summed E-state index contributed by atoms with van der Waals surface area (Å²) in [7, 11) is 1.58. The lowest BCUT2D eigenvalue weighted by Crippen LogP contribution is -2.35. The van der Waals surface area contributed by atoms with E-state index >= 15 is 0 Å². The first-order valence-corrected chi connectivity index (χ1v) is 8.62. The maximum absolute atomic E-state index is 14.0. The topological polar surface area (TPSA) is 67.4 Å². The van der Waals surface area contributed by atoms with Gasteiger partial charge >= 0.3 is 0 Å². The van der Waals surface area contributed by atoms with Crippen molar-refractivity contribution in [2.45, 2.75) is 13.3 Å². The predicted octanol–water partition coefficient (Wildman–Crippen LogP) is 3.06. The lowest BCUT2D eigenvalue weighted by molar-refractivity contribution is -0.117. The third-order valence-corrected chi connectivity index (χ3v) is 3.82. The van der Waals surface area contributed by atoms with Gasteiger partial charge in [-0.2, -0.15) is 0 Å². The molecule has 0 fully saturated rings. The first-order valence-electron chi connectivity index (χ1n) is 8.62. The van der Waals surface area contributed by atoms with Crippen LogP contribution in [0.25, 0.3) is 6.08 Å². The van der Waals surface area contributed by atoms with Gasteiger partial charge in [-0.1, -0.05) is 35.9 Å². The third-order valence-electron chi connectivity index (χ3n) is 3.82. The zero-order chi connectivity index (χ0) is 19.6. The van der Waals surface area contributed by atoms with Crippen LogP contribution in [0.5, 0.6) is 0 Å². The van der Waals surface area contributed by atoms with Crippen LogP contribution in [0, 0.1) is 12.7 Å². The van der Waals surface area contributed by atoms with Crippen LogP contribution in [0.2, 0.25) is 0 Å². The van der Waals surface area contributed by atoms with Crippen molar-refractivity contribution in [3.05, 3.63) is 76.7 Å². The van der Waals surface area contributed by atoms with Crippen molar-refractivity contribution < 1.29 is 18.7 Å². The summed E-state index contributed by atoms with van der Waals surface area (Å²) in [6, 6.07) is 13.0. The van der Waals surface area contributed by atoms with Gasteiger partial charge in [-0.25, -0.2) is 4.39 Å². The number of nitrogens with one attached hydrogen (secondary N) is 2. The Hall–Kier alpha value is -2.99. The van der Waals surface area contributed by atoms with Crippen LogP contribution < -0.4 is 10.6 Å². The number of rotatable bonds is 8. The van der Waals surface area contributed by atoms with E-state index in [2.05, 4.69) is 10.6 Å². The van der Waals surface area contributed by atoms with Gasteiger partial charge < -0.3 is 15.4 Å². The molecule has 142 valence electrons. The molecule has 2 amide bonds. The molecule has 0 aliphatic carbocycles. The van der Waals surface area contributed by atoms with Crippen molar-refractivity contribution in [2.24, 2.45) is 0 Å². The molecular formula is C21H23FN2O3. The second-order valence-electron chi connectivity index (χ2n) is 6.00. The number of amides is 2.